The van der Waals surface area contributed by atoms with Crippen molar-refractivity contribution in [1.29, 1.82) is 0 Å². The number of nitrogens with one attached hydrogen (secondary N) is 2. The van der Waals surface area contributed by atoms with E-state index in [4.69, 9.17) is 0 Å². The Morgan fingerprint density at radius 2 is 2.44 bits per heavy atom. The quantitative estimate of drug-likeness (QED) is 0.743. The van der Waals surface area contributed by atoms with E-state index in [1.165, 1.54) is 0 Å². The van der Waals surface area contributed by atoms with Crippen LogP contribution < -0.4 is 10.6 Å². The number of benzene rings is 1. The van der Waals surface area contributed by atoms with Crippen molar-refractivity contribution >= 4 is 39.3 Å². The summed E-state index contributed by atoms with van der Waals surface area (Å²) >= 11 is 5.16. The van der Waals surface area contributed by atoms with Crippen LogP contribution in [-0.4, -0.2) is 35.1 Å². The van der Waals surface area contributed by atoms with Crippen LogP contribution in [0, 0.1) is 0 Å². The minimum atomic E-state index is -0.0802. The molecule has 1 saturated heterocycles. The number of phenols is 1. The molecule has 0 aliphatic carbocycles. The molecule has 0 saturated carbocycles. The molecule has 1 atom stereocenters. The second-order valence-corrected chi connectivity index (χ2v) is 6.21. The number of halogens is 1. The first-order valence-corrected chi connectivity index (χ1v) is 7.69. The first-order chi connectivity index (χ1) is 8.65. The Morgan fingerprint density at radius 1 is 1.61 bits per heavy atom. The summed E-state index contributed by atoms with van der Waals surface area (Å²) in [6, 6.07) is 5.19. The highest BCUT2D eigenvalue weighted by Gasteiger charge is 2.17. The molecule has 3 N–H and O–H groups in total. The second-order valence-electron chi connectivity index (χ2n) is 4.14. The van der Waals surface area contributed by atoms with Gasteiger partial charge in [0.15, 0.2) is 0 Å². The minimum Gasteiger partial charge on any atom is -0.506 e. The molecule has 0 bridgehead atoms. The first kappa shape index (κ1) is 13.7. The summed E-state index contributed by atoms with van der Waals surface area (Å²) in [6.45, 7) is 0.949. The Balaban J connectivity index is 1.92. The lowest BCUT2D eigenvalue weighted by atomic mass is 10.2. The van der Waals surface area contributed by atoms with Gasteiger partial charge in [0.2, 0.25) is 5.91 Å². The van der Waals surface area contributed by atoms with Crippen molar-refractivity contribution in [2.24, 2.45) is 0 Å². The molecular formula is C12H15BrN2O2S. The monoisotopic (exact) mass is 330 g/mol. The van der Waals surface area contributed by atoms with Crippen LogP contribution in [0.4, 0.5) is 5.69 Å². The molecule has 1 fully saturated rings. The zero-order valence-electron chi connectivity index (χ0n) is 9.78. The number of aromatic hydroxyl groups is 1. The van der Waals surface area contributed by atoms with Gasteiger partial charge in [0.1, 0.15) is 5.75 Å². The zero-order chi connectivity index (χ0) is 13.0. The molecule has 1 aromatic carbocycles. The van der Waals surface area contributed by atoms with Gasteiger partial charge in [0.05, 0.1) is 5.69 Å². The van der Waals surface area contributed by atoms with Gasteiger partial charge >= 0.3 is 0 Å². The standard InChI is InChI=1S/C12H15BrN2O2S/c13-8-1-2-11(16)10(5-8)15-12(17)6-9-7-18-4-3-14-9/h1-2,5,9,14,16H,3-4,6-7H2,(H,15,17). The largest absolute Gasteiger partial charge is 0.506 e. The van der Waals surface area contributed by atoms with E-state index in [1.54, 1.807) is 18.2 Å². The average Bonchev–Trinajstić information content (AvgIpc) is 2.35. The Kier molecular flexibility index (Phi) is 4.91. The molecule has 1 amide bonds. The zero-order valence-corrected chi connectivity index (χ0v) is 12.2. The predicted molar refractivity (Wildman–Crippen MR) is 78.2 cm³/mol. The summed E-state index contributed by atoms with van der Waals surface area (Å²) in [6.07, 6.45) is 0.430. The number of phenolic OH excluding ortho intramolecular Hbond substituents is 1. The van der Waals surface area contributed by atoms with Crippen molar-refractivity contribution < 1.29 is 9.90 Å². The molecule has 1 heterocycles. The summed E-state index contributed by atoms with van der Waals surface area (Å²) in [5, 5.41) is 15.7. The van der Waals surface area contributed by atoms with Gasteiger partial charge in [0, 0.05) is 35.0 Å². The Hall–Kier alpha value is -0.720. The van der Waals surface area contributed by atoms with Crippen LogP contribution in [-0.2, 0) is 4.79 Å². The van der Waals surface area contributed by atoms with Crippen LogP contribution in [0.3, 0.4) is 0 Å². The topological polar surface area (TPSA) is 61.4 Å². The third kappa shape index (κ3) is 3.90. The van der Waals surface area contributed by atoms with E-state index in [1.807, 2.05) is 11.8 Å². The number of hydrogen-bond acceptors (Lipinski definition) is 4. The maximum absolute atomic E-state index is 11.9. The number of anilines is 1. The normalized spacial score (nSPS) is 19.5. The summed E-state index contributed by atoms with van der Waals surface area (Å²) in [4.78, 5) is 11.9. The predicted octanol–water partition coefficient (Wildman–Crippen LogP) is 2.19. The summed E-state index contributed by atoms with van der Waals surface area (Å²) in [5.41, 5.74) is 0.442. The van der Waals surface area contributed by atoms with Gasteiger partial charge in [-0.05, 0) is 18.2 Å². The Bertz CT molecular complexity index is 436. The van der Waals surface area contributed by atoms with Crippen LogP contribution >= 0.6 is 27.7 Å². The molecule has 1 aromatic rings. The van der Waals surface area contributed by atoms with Gasteiger partial charge in [0.25, 0.3) is 0 Å². The molecule has 1 aliphatic heterocycles. The molecule has 6 heteroatoms. The third-order valence-electron chi connectivity index (χ3n) is 2.66. The number of rotatable bonds is 3. The molecule has 0 spiro atoms. The van der Waals surface area contributed by atoms with Crippen molar-refractivity contribution in [1.82, 2.24) is 5.32 Å². The van der Waals surface area contributed by atoms with E-state index >= 15 is 0 Å². The highest BCUT2D eigenvalue weighted by molar-refractivity contribution is 9.10. The van der Waals surface area contributed by atoms with E-state index in [-0.39, 0.29) is 17.7 Å². The van der Waals surface area contributed by atoms with Crippen LogP contribution in [0.5, 0.6) is 5.75 Å². The summed E-state index contributed by atoms with van der Waals surface area (Å²) in [5.74, 6) is 2.06. The summed E-state index contributed by atoms with van der Waals surface area (Å²) in [7, 11) is 0. The average molecular weight is 331 g/mol. The van der Waals surface area contributed by atoms with Gasteiger partial charge in [-0.2, -0.15) is 11.8 Å². The number of carbonyl (C=O) groups is 1. The van der Waals surface area contributed by atoms with Gasteiger partial charge in [-0.1, -0.05) is 15.9 Å². The van der Waals surface area contributed by atoms with Crippen molar-refractivity contribution in [2.45, 2.75) is 12.5 Å². The lowest BCUT2D eigenvalue weighted by molar-refractivity contribution is -0.116. The first-order valence-electron chi connectivity index (χ1n) is 5.74. The van der Waals surface area contributed by atoms with Crippen LogP contribution in [0.15, 0.2) is 22.7 Å². The molecule has 0 aromatic heterocycles. The van der Waals surface area contributed by atoms with Gasteiger partial charge in [-0.25, -0.2) is 0 Å². The number of amides is 1. The summed E-state index contributed by atoms with van der Waals surface area (Å²) < 4.78 is 0.821. The van der Waals surface area contributed by atoms with E-state index in [0.29, 0.717) is 12.1 Å². The number of carbonyl (C=O) groups excluding carboxylic acids is 1. The fourth-order valence-electron chi connectivity index (χ4n) is 1.78. The smallest absolute Gasteiger partial charge is 0.226 e. The van der Waals surface area contributed by atoms with Crippen molar-refractivity contribution in [3.8, 4) is 5.75 Å². The lowest BCUT2D eigenvalue weighted by Crippen LogP contribution is -2.39. The molecule has 1 unspecified atom stereocenters. The Morgan fingerprint density at radius 3 is 3.17 bits per heavy atom. The fraction of sp³-hybridized carbons (Fsp3) is 0.417. The van der Waals surface area contributed by atoms with Gasteiger partial charge < -0.3 is 15.7 Å². The SMILES string of the molecule is O=C(CC1CSCCN1)Nc1cc(Br)ccc1O. The molecule has 2 rings (SSSR count). The fourth-order valence-corrected chi connectivity index (χ4v) is 3.09. The highest BCUT2D eigenvalue weighted by atomic mass is 79.9. The van der Waals surface area contributed by atoms with E-state index < -0.39 is 0 Å². The number of hydrogen-bond donors (Lipinski definition) is 3. The molecule has 18 heavy (non-hydrogen) atoms. The third-order valence-corrected chi connectivity index (χ3v) is 4.29. The second kappa shape index (κ2) is 6.45. The maximum atomic E-state index is 11.9. The molecule has 0 radical (unpaired) electrons. The van der Waals surface area contributed by atoms with Crippen molar-refractivity contribution in [3.63, 3.8) is 0 Å². The van der Waals surface area contributed by atoms with Crippen molar-refractivity contribution in [2.75, 3.05) is 23.4 Å². The highest BCUT2D eigenvalue weighted by Crippen LogP contribution is 2.27. The van der Waals surface area contributed by atoms with E-state index in [9.17, 15) is 9.90 Å². The van der Waals surface area contributed by atoms with Crippen molar-refractivity contribution in [3.05, 3.63) is 22.7 Å². The van der Waals surface area contributed by atoms with Gasteiger partial charge in [-0.15, -0.1) is 0 Å². The number of thioether (sulfide) groups is 1. The molecule has 1 aliphatic rings. The molecule has 98 valence electrons. The van der Waals surface area contributed by atoms with Crippen LogP contribution in [0.2, 0.25) is 0 Å². The minimum absolute atomic E-state index is 0.0802. The van der Waals surface area contributed by atoms with Crippen LogP contribution in [0.25, 0.3) is 0 Å². The Labute approximate surface area is 119 Å². The van der Waals surface area contributed by atoms with Gasteiger partial charge in [-0.3, -0.25) is 4.79 Å². The molecule has 4 nitrogen and oxygen atoms in total. The maximum Gasteiger partial charge on any atom is 0.226 e. The van der Waals surface area contributed by atoms with Crippen LogP contribution in [0.1, 0.15) is 6.42 Å². The lowest BCUT2D eigenvalue weighted by Gasteiger charge is -2.22. The van der Waals surface area contributed by atoms with E-state index in [0.717, 1.165) is 22.5 Å². The molecular weight excluding hydrogens is 316 g/mol. The van der Waals surface area contributed by atoms with E-state index in [2.05, 4.69) is 26.6 Å².